The predicted molar refractivity (Wildman–Crippen MR) is 72.4 cm³/mol. The van der Waals surface area contributed by atoms with Crippen LogP contribution in [0.3, 0.4) is 0 Å². The lowest BCUT2D eigenvalue weighted by atomic mass is 10.2. The molecular weight excluding hydrogens is 361 g/mol. The van der Waals surface area contributed by atoms with Crippen LogP contribution >= 0.6 is 22.6 Å². The SMILES string of the molecule is N#Cc1ncn(-c2ccc(I)cc2[N+](=O)[O-])c1C#N. The van der Waals surface area contributed by atoms with Crippen LogP contribution < -0.4 is 0 Å². The minimum absolute atomic E-state index is 0.0215. The van der Waals surface area contributed by atoms with Gasteiger partial charge in [0.2, 0.25) is 0 Å². The summed E-state index contributed by atoms with van der Waals surface area (Å²) in [5, 5.41) is 28.9. The first kappa shape index (κ1) is 13.0. The summed E-state index contributed by atoms with van der Waals surface area (Å²) in [6, 6.07) is 8.18. The van der Waals surface area contributed by atoms with Crippen LogP contribution in [0.25, 0.3) is 5.69 Å². The molecular formula is C11H4IN5O2. The van der Waals surface area contributed by atoms with Gasteiger partial charge < -0.3 is 0 Å². The molecule has 92 valence electrons. The van der Waals surface area contributed by atoms with Crippen LogP contribution in [-0.4, -0.2) is 14.5 Å². The third kappa shape index (κ3) is 2.26. The van der Waals surface area contributed by atoms with Gasteiger partial charge in [-0.1, -0.05) is 0 Å². The number of nitriles is 2. The number of nitro groups is 1. The minimum atomic E-state index is -0.537. The second-order valence-electron chi connectivity index (χ2n) is 3.43. The molecule has 7 nitrogen and oxygen atoms in total. The molecule has 0 fully saturated rings. The smallest absolute Gasteiger partial charge is 0.283 e. The fourth-order valence-corrected chi connectivity index (χ4v) is 2.04. The van der Waals surface area contributed by atoms with E-state index in [0.717, 1.165) is 0 Å². The Labute approximate surface area is 121 Å². The highest BCUT2D eigenvalue weighted by Gasteiger charge is 2.20. The zero-order chi connectivity index (χ0) is 14.0. The van der Waals surface area contributed by atoms with E-state index >= 15 is 0 Å². The Balaban J connectivity index is 2.74. The van der Waals surface area contributed by atoms with Gasteiger partial charge in [0.05, 0.1) is 4.92 Å². The van der Waals surface area contributed by atoms with Gasteiger partial charge in [-0.15, -0.1) is 0 Å². The van der Waals surface area contributed by atoms with Crippen LogP contribution in [0.2, 0.25) is 0 Å². The highest BCUT2D eigenvalue weighted by molar-refractivity contribution is 14.1. The lowest BCUT2D eigenvalue weighted by Gasteiger charge is -2.05. The molecule has 0 amide bonds. The van der Waals surface area contributed by atoms with Crippen molar-refractivity contribution in [2.24, 2.45) is 0 Å². The van der Waals surface area contributed by atoms with Crippen molar-refractivity contribution in [1.82, 2.24) is 9.55 Å². The number of halogens is 1. The first-order valence-corrected chi connectivity index (χ1v) is 5.98. The average Bonchev–Trinajstić information content (AvgIpc) is 2.81. The second-order valence-corrected chi connectivity index (χ2v) is 4.67. The van der Waals surface area contributed by atoms with E-state index in [1.807, 2.05) is 28.7 Å². The molecule has 1 heterocycles. The number of aromatic nitrogens is 2. The molecule has 1 aromatic heterocycles. The lowest BCUT2D eigenvalue weighted by Crippen LogP contribution is -2.02. The number of benzene rings is 1. The van der Waals surface area contributed by atoms with E-state index in [1.54, 1.807) is 12.1 Å². The molecule has 0 saturated heterocycles. The summed E-state index contributed by atoms with van der Waals surface area (Å²) in [6.45, 7) is 0. The fraction of sp³-hybridized carbons (Fsp3) is 0. The minimum Gasteiger partial charge on any atom is -0.283 e. The van der Waals surface area contributed by atoms with Crippen LogP contribution in [0.15, 0.2) is 24.5 Å². The van der Waals surface area contributed by atoms with Gasteiger partial charge in [-0.3, -0.25) is 14.7 Å². The van der Waals surface area contributed by atoms with Crippen LogP contribution in [0.4, 0.5) is 5.69 Å². The average molecular weight is 365 g/mol. The zero-order valence-corrected chi connectivity index (χ0v) is 11.4. The molecule has 1 aromatic carbocycles. The van der Waals surface area contributed by atoms with E-state index in [4.69, 9.17) is 10.5 Å². The number of hydrogen-bond donors (Lipinski definition) is 0. The quantitative estimate of drug-likeness (QED) is 0.460. The third-order valence-electron chi connectivity index (χ3n) is 2.37. The molecule has 0 atom stereocenters. The topological polar surface area (TPSA) is 109 Å². The molecule has 0 aliphatic heterocycles. The van der Waals surface area contributed by atoms with Gasteiger partial charge in [0, 0.05) is 9.64 Å². The van der Waals surface area contributed by atoms with Crippen molar-refractivity contribution >= 4 is 28.3 Å². The summed E-state index contributed by atoms with van der Waals surface area (Å²) in [5.74, 6) is 0. The van der Waals surface area contributed by atoms with E-state index in [-0.39, 0.29) is 22.8 Å². The van der Waals surface area contributed by atoms with Crippen molar-refractivity contribution in [2.45, 2.75) is 0 Å². The Kier molecular flexibility index (Phi) is 3.44. The summed E-state index contributed by atoms with van der Waals surface area (Å²) in [5.41, 5.74) is -0.0246. The summed E-state index contributed by atoms with van der Waals surface area (Å²) in [7, 11) is 0. The molecule has 0 spiro atoms. The van der Waals surface area contributed by atoms with Gasteiger partial charge in [0.25, 0.3) is 5.69 Å². The van der Waals surface area contributed by atoms with Gasteiger partial charge in [-0.2, -0.15) is 10.5 Å². The van der Waals surface area contributed by atoms with Crippen molar-refractivity contribution in [2.75, 3.05) is 0 Å². The first-order chi connectivity index (χ1) is 9.08. The van der Waals surface area contributed by atoms with Crippen molar-refractivity contribution in [1.29, 1.82) is 10.5 Å². The molecule has 0 N–H and O–H groups in total. The molecule has 0 saturated carbocycles. The Hall–Kier alpha value is -2.46. The number of nitro benzene ring substituents is 1. The van der Waals surface area contributed by atoms with Crippen molar-refractivity contribution < 1.29 is 4.92 Å². The van der Waals surface area contributed by atoms with Gasteiger partial charge in [0.1, 0.15) is 24.2 Å². The number of imidazole rings is 1. The van der Waals surface area contributed by atoms with Gasteiger partial charge in [-0.25, -0.2) is 4.98 Å². The molecule has 0 bridgehead atoms. The first-order valence-electron chi connectivity index (χ1n) is 4.90. The van der Waals surface area contributed by atoms with Gasteiger partial charge in [-0.05, 0) is 34.7 Å². The molecule has 2 aromatic rings. The number of nitrogens with zero attached hydrogens (tertiary/aromatic N) is 5. The van der Waals surface area contributed by atoms with E-state index in [9.17, 15) is 10.1 Å². The largest absolute Gasteiger partial charge is 0.294 e. The maximum absolute atomic E-state index is 11.0. The molecule has 8 heteroatoms. The molecule has 0 aliphatic carbocycles. The van der Waals surface area contributed by atoms with E-state index in [0.29, 0.717) is 3.57 Å². The molecule has 0 radical (unpaired) electrons. The standard InChI is InChI=1S/C11H4IN5O2/c12-7-1-2-9(10(3-7)17(18)19)16-6-15-8(4-13)11(16)5-14/h1-3,6H. The molecule has 0 unspecified atom stereocenters. The van der Waals surface area contributed by atoms with Crippen LogP contribution in [0.5, 0.6) is 0 Å². The molecule has 2 rings (SSSR count). The zero-order valence-electron chi connectivity index (χ0n) is 9.24. The van der Waals surface area contributed by atoms with Crippen LogP contribution in [-0.2, 0) is 0 Å². The van der Waals surface area contributed by atoms with Gasteiger partial charge in [0.15, 0.2) is 11.4 Å². The summed E-state index contributed by atoms with van der Waals surface area (Å²) in [4.78, 5) is 14.3. The van der Waals surface area contributed by atoms with Gasteiger partial charge >= 0.3 is 0 Å². The van der Waals surface area contributed by atoms with Crippen molar-refractivity contribution in [3.8, 4) is 17.8 Å². The fourth-order valence-electron chi connectivity index (χ4n) is 1.57. The predicted octanol–water partition coefficient (Wildman–Crippen LogP) is 2.13. The highest BCUT2D eigenvalue weighted by Crippen LogP contribution is 2.26. The van der Waals surface area contributed by atoms with Crippen LogP contribution in [0.1, 0.15) is 11.4 Å². The van der Waals surface area contributed by atoms with E-state index in [2.05, 4.69) is 4.98 Å². The normalized spacial score (nSPS) is 9.63. The van der Waals surface area contributed by atoms with E-state index in [1.165, 1.54) is 23.0 Å². The number of rotatable bonds is 2. The van der Waals surface area contributed by atoms with Crippen LogP contribution in [0, 0.1) is 36.3 Å². The maximum Gasteiger partial charge on any atom is 0.294 e. The highest BCUT2D eigenvalue weighted by atomic mass is 127. The Morgan fingerprint density at radius 3 is 2.68 bits per heavy atom. The summed E-state index contributed by atoms with van der Waals surface area (Å²) in [6.07, 6.45) is 1.23. The Morgan fingerprint density at radius 1 is 1.37 bits per heavy atom. The second kappa shape index (κ2) is 5.04. The van der Waals surface area contributed by atoms with Crippen molar-refractivity contribution in [3.63, 3.8) is 0 Å². The third-order valence-corrected chi connectivity index (χ3v) is 3.04. The summed E-state index contributed by atoms with van der Waals surface area (Å²) >= 11 is 1.96. The van der Waals surface area contributed by atoms with Crippen molar-refractivity contribution in [3.05, 3.63) is 49.6 Å². The number of hydrogen-bond acceptors (Lipinski definition) is 5. The van der Waals surface area contributed by atoms with E-state index < -0.39 is 4.92 Å². The Bertz CT molecular complexity index is 753. The Morgan fingerprint density at radius 2 is 2.11 bits per heavy atom. The molecule has 19 heavy (non-hydrogen) atoms. The summed E-state index contributed by atoms with van der Waals surface area (Å²) < 4.78 is 1.94. The lowest BCUT2D eigenvalue weighted by molar-refractivity contribution is -0.384. The monoisotopic (exact) mass is 365 g/mol. The maximum atomic E-state index is 11.0. The molecule has 0 aliphatic rings.